The normalized spacial score (nSPS) is 15.4. The lowest BCUT2D eigenvalue weighted by Crippen LogP contribution is -2.43. The van der Waals surface area contributed by atoms with Crippen molar-refractivity contribution in [3.63, 3.8) is 0 Å². The van der Waals surface area contributed by atoms with Gasteiger partial charge in [-0.3, -0.25) is 14.4 Å². The molecule has 1 aliphatic carbocycles. The van der Waals surface area contributed by atoms with Gasteiger partial charge in [0.1, 0.15) is 12.2 Å². The fourth-order valence-electron chi connectivity index (χ4n) is 2.46. The number of carbonyl (C=O) groups is 2. The second kappa shape index (κ2) is 5.69. The van der Waals surface area contributed by atoms with Gasteiger partial charge in [-0.05, 0) is 18.9 Å². The van der Waals surface area contributed by atoms with E-state index in [0.717, 1.165) is 25.7 Å². The van der Waals surface area contributed by atoms with Crippen molar-refractivity contribution >= 4 is 11.9 Å². The average Bonchev–Trinajstić information content (AvgIpc) is 2.88. The summed E-state index contributed by atoms with van der Waals surface area (Å²) in [4.78, 5) is 38.2. The number of carboxylic acids is 1. The molecule has 1 aliphatic rings. The van der Waals surface area contributed by atoms with Crippen molar-refractivity contribution in [1.29, 1.82) is 0 Å². The summed E-state index contributed by atoms with van der Waals surface area (Å²) in [5.74, 6) is -1.47. The van der Waals surface area contributed by atoms with Crippen LogP contribution in [0.15, 0.2) is 23.0 Å². The molecule has 1 saturated carbocycles. The van der Waals surface area contributed by atoms with E-state index in [-0.39, 0.29) is 23.8 Å². The largest absolute Gasteiger partial charge is 0.480 e. The summed E-state index contributed by atoms with van der Waals surface area (Å²) in [6.07, 6.45) is 3.63. The molecule has 0 aliphatic heterocycles. The Morgan fingerprint density at radius 2 is 2.00 bits per heavy atom. The van der Waals surface area contributed by atoms with E-state index in [1.807, 2.05) is 0 Å². The highest BCUT2D eigenvalue weighted by atomic mass is 16.4. The summed E-state index contributed by atoms with van der Waals surface area (Å²) in [6.45, 7) is -0.333. The van der Waals surface area contributed by atoms with Gasteiger partial charge >= 0.3 is 5.97 Å². The number of H-pyrrole nitrogens is 1. The van der Waals surface area contributed by atoms with Gasteiger partial charge in [-0.2, -0.15) is 0 Å². The first-order valence-corrected chi connectivity index (χ1v) is 6.30. The number of nitrogens with zero attached hydrogens (tertiary/aromatic N) is 1. The van der Waals surface area contributed by atoms with Crippen LogP contribution in [0, 0.1) is 0 Å². The number of amides is 1. The van der Waals surface area contributed by atoms with E-state index >= 15 is 0 Å². The molecule has 0 unspecified atom stereocenters. The number of rotatable bonds is 4. The van der Waals surface area contributed by atoms with Crippen LogP contribution in [0.1, 0.15) is 36.2 Å². The van der Waals surface area contributed by atoms with Crippen molar-refractivity contribution in [1.82, 2.24) is 9.88 Å². The Hall–Kier alpha value is -2.11. The molecule has 1 heterocycles. The third kappa shape index (κ3) is 3.21. The molecule has 2 rings (SSSR count). The maximum Gasteiger partial charge on any atom is 0.323 e. The van der Waals surface area contributed by atoms with Crippen molar-refractivity contribution in [2.24, 2.45) is 0 Å². The summed E-state index contributed by atoms with van der Waals surface area (Å²) in [6, 6.07) is 4.24. The molecular formula is C13H16N2O4. The smallest absolute Gasteiger partial charge is 0.323 e. The van der Waals surface area contributed by atoms with Gasteiger partial charge in [-0.1, -0.05) is 18.9 Å². The van der Waals surface area contributed by atoms with Crippen molar-refractivity contribution in [2.45, 2.75) is 31.7 Å². The van der Waals surface area contributed by atoms with Crippen LogP contribution < -0.4 is 5.56 Å². The number of pyridine rings is 1. The van der Waals surface area contributed by atoms with Crippen LogP contribution in [0.3, 0.4) is 0 Å². The molecule has 19 heavy (non-hydrogen) atoms. The Labute approximate surface area is 110 Å². The molecule has 0 saturated heterocycles. The number of aliphatic carboxylic acids is 1. The van der Waals surface area contributed by atoms with Crippen LogP contribution in [0.4, 0.5) is 0 Å². The zero-order valence-electron chi connectivity index (χ0n) is 10.5. The molecule has 6 heteroatoms. The number of aromatic amines is 1. The van der Waals surface area contributed by atoms with E-state index in [2.05, 4.69) is 4.98 Å². The summed E-state index contributed by atoms with van der Waals surface area (Å²) < 4.78 is 0. The van der Waals surface area contributed by atoms with Crippen molar-refractivity contribution in [3.8, 4) is 0 Å². The summed E-state index contributed by atoms with van der Waals surface area (Å²) >= 11 is 0. The number of carboxylic acid groups (broad SMARTS) is 1. The first-order chi connectivity index (χ1) is 9.08. The minimum atomic E-state index is -1.04. The lowest BCUT2D eigenvalue weighted by Gasteiger charge is -2.27. The van der Waals surface area contributed by atoms with Gasteiger partial charge < -0.3 is 15.0 Å². The van der Waals surface area contributed by atoms with E-state index < -0.39 is 11.9 Å². The second-order valence-corrected chi connectivity index (χ2v) is 4.69. The Balaban J connectivity index is 2.24. The quantitative estimate of drug-likeness (QED) is 0.843. The molecule has 6 nitrogen and oxygen atoms in total. The van der Waals surface area contributed by atoms with Gasteiger partial charge in [0.2, 0.25) is 5.56 Å². The molecule has 1 amide bonds. The van der Waals surface area contributed by atoms with Crippen molar-refractivity contribution < 1.29 is 14.7 Å². The van der Waals surface area contributed by atoms with E-state index in [0.29, 0.717) is 0 Å². The third-order valence-electron chi connectivity index (χ3n) is 3.33. The number of hydrogen-bond donors (Lipinski definition) is 2. The first-order valence-electron chi connectivity index (χ1n) is 6.30. The third-order valence-corrected chi connectivity index (χ3v) is 3.33. The number of carbonyl (C=O) groups excluding carboxylic acids is 1. The molecule has 0 aromatic carbocycles. The van der Waals surface area contributed by atoms with Crippen LogP contribution in [0.5, 0.6) is 0 Å². The molecule has 0 radical (unpaired) electrons. The fourth-order valence-corrected chi connectivity index (χ4v) is 2.46. The van der Waals surface area contributed by atoms with Crippen LogP contribution in [0.2, 0.25) is 0 Å². The molecule has 1 fully saturated rings. The highest BCUT2D eigenvalue weighted by Gasteiger charge is 2.29. The Bertz CT molecular complexity index is 531. The first kappa shape index (κ1) is 13.3. The van der Waals surface area contributed by atoms with E-state index in [1.54, 1.807) is 0 Å². The lowest BCUT2D eigenvalue weighted by molar-refractivity contribution is -0.138. The van der Waals surface area contributed by atoms with Gasteiger partial charge in [0.05, 0.1) is 0 Å². The summed E-state index contributed by atoms with van der Waals surface area (Å²) in [5.41, 5.74) is -0.229. The minimum Gasteiger partial charge on any atom is -0.480 e. The van der Waals surface area contributed by atoms with Gasteiger partial charge in [0.15, 0.2) is 0 Å². The van der Waals surface area contributed by atoms with Gasteiger partial charge in [-0.25, -0.2) is 0 Å². The molecule has 0 spiro atoms. The summed E-state index contributed by atoms with van der Waals surface area (Å²) in [7, 11) is 0. The molecule has 102 valence electrons. The average molecular weight is 264 g/mol. The Kier molecular flexibility index (Phi) is 3.99. The van der Waals surface area contributed by atoms with Crippen LogP contribution in [-0.4, -0.2) is 39.5 Å². The molecule has 0 bridgehead atoms. The predicted octanol–water partition coefficient (Wildman–Crippen LogP) is 0.844. The molecule has 1 aromatic heterocycles. The Morgan fingerprint density at radius 1 is 1.32 bits per heavy atom. The van der Waals surface area contributed by atoms with E-state index in [4.69, 9.17) is 5.11 Å². The molecule has 1 aromatic rings. The zero-order chi connectivity index (χ0) is 13.8. The standard InChI is InChI=1S/C13H16N2O4/c16-11-7-3-6-10(14-11)13(19)15(8-12(17)18)9-4-1-2-5-9/h3,6-7,9H,1-2,4-5,8H2,(H,14,16)(H,17,18). The van der Waals surface area contributed by atoms with E-state index in [1.165, 1.54) is 23.1 Å². The highest BCUT2D eigenvalue weighted by Crippen LogP contribution is 2.24. The summed E-state index contributed by atoms with van der Waals surface area (Å²) in [5, 5.41) is 8.93. The zero-order valence-corrected chi connectivity index (χ0v) is 10.5. The molecule has 2 N–H and O–H groups in total. The SMILES string of the molecule is O=C(O)CN(C(=O)c1cccc(=O)[nH]1)C1CCCC1. The lowest BCUT2D eigenvalue weighted by atomic mass is 10.2. The fraction of sp³-hybridized carbons (Fsp3) is 0.462. The molecule has 0 atom stereocenters. The van der Waals surface area contributed by atoms with Gasteiger partial charge in [0.25, 0.3) is 5.91 Å². The van der Waals surface area contributed by atoms with Crippen LogP contribution >= 0.6 is 0 Å². The van der Waals surface area contributed by atoms with Gasteiger partial charge in [-0.15, -0.1) is 0 Å². The van der Waals surface area contributed by atoms with Gasteiger partial charge in [0, 0.05) is 12.1 Å². The molecular weight excluding hydrogens is 248 g/mol. The number of hydrogen-bond acceptors (Lipinski definition) is 3. The van der Waals surface area contributed by atoms with Crippen LogP contribution in [-0.2, 0) is 4.79 Å². The van der Waals surface area contributed by atoms with Crippen molar-refractivity contribution in [3.05, 3.63) is 34.2 Å². The maximum absolute atomic E-state index is 12.3. The topological polar surface area (TPSA) is 90.5 Å². The monoisotopic (exact) mass is 264 g/mol. The van der Waals surface area contributed by atoms with E-state index in [9.17, 15) is 14.4 Å². The second-order valence-electron chi connectivity index (χ2n) is 4.69. The minimum absolute atomic E-state index is 0.0488. The number of nitrogens with one attached hydrogen (secondary N) is 1. The highest BCUT2D eigenvalue weighted by molar-refractivity contribution is 5.94. The van der Waals surface area contributed by atoms with Crippen LogP contribution in [0.25, 0.3) is 0 Å². The number of aromatic nitrogens is 1. The predicted molar refractivity (Wildman–Crippen MR) is 68.0 cm³/mol. The van der Waals surface area contributed by atoms with Crippen molar-refractivity contribution in [2.75, 3.05) is 6.54 Å². The Morgan fingerprint density at radius 3 is 2.58 bits per heavy atom. The maximum atomic E-state index is 12.3.